The Balaban J connectivity index is 1.97. The molecule has 0 fully saturated rings. The number of nitrogens with one attached hydrogen (secondary N) is 2. The smallest absolute Gasteiger partial charge is 0.191 e. The maximum atomic E-state index is 5.45. The minimum atomic E-state index is 0.570. The molecule has 6 heteroatoms. The summed E-state index contributed by atoms with van der Waals surface area (Å²) in [6.45, 7) is 5.23. The summed E-state index contributed by atoms with van der Waals surface area (Å²) in [5.74, 6) is 2.43. The summed E-state index contributed by atoms with van der Waals surface area (Å²) in [5.41, 5.74) is 4.13. The van der Waals surface area contributed by atoms with Gasteiger partial charge in [0.1, 0.15) is 11.5 Å². The average Bonchev–Trinajstić information content (AvgIpc) is 2.64. The van der Waals surface area contributed by atoms with Crippen LogP contribution in [0.4, 0.5) is 0 Å². The Morgan fingerprint density at radius 3 is 2.56 bits per heavy atom. The number of rotatable bonds is 6. The number of guanidine groups is 1. The highest BCUT2D eigenvalue weighted by atomic mass is 16.5. The number of aryl methyl sites for hydroxylation is 1. The van der Waals surface area contributed by atoms with E-state index in [1.807, 2.05) is 44.3 Å². The fourth-order valence-electron chi connectivity index (χ4n) is 2.61. The Morgan fingerprint density at radius 2 is 1.88 bits per heavy atom. The van der Waals surface area contributed by atoms with E-state index in [-0.39, 0.29) is 0 Å². The molecule has 2 rings (SSSR count). The molecular formula is C19H26N4O2. The van der Waals surface area contributed by atoms with Gasteiger partial charge in [-0.1, -0.05) is 12.1 Å². The number of pyridine rings is 1. The zero-order chi connectivity index (χ0) is 18.2. The maximum Gasteiger partial charge on any atom is 0.191 e. The molecule has 0 radical (unpaired) electrons. The van der Waals surface area contributed by atoms with E-state index < -0.39 is 0 Å². The molecule has 0 bridgehead atoms. The summed E-state index contributed by atoms with van der Waals surface area (Å²) >= 11 is 0. The first-order valence-corrected chi connectivity index (χ1v) is 8.15. The molecule has 0 aliphatic carbocycles. The number of nitrogens with zero attached hydrogens (tertiary/aromatic N) is 2. The predicted octanol–water partition coefficient (Wildman–Crippen LogP) is 2.58. The molecular weight excluding hydrogens is 316 g/mol. The van der Waals surface area contributed by atoms with Crippen molar-refractivity contribution < 1.29 is 9.47 Å². The first kappa shape index (κ1) is 18.6. The van der Waals surface area contributed by atoms with Gasteiger partial charge in [0.25, 0.3) is 0 Å². The van der Waals surface area contributed by atoms with Crippen molar-refractivity contribution in [2.75, 3.05) is 21.3 Å². The zero-order valence-electron chi connectivity index (χ0n) is 15.5. The molecule has 0 spiro atoms. The molecule has 1 aromatic carbocycles. The molecule has 0 aliphatic heterocycles. The standard InChI is InChI=1S/C19H26N4O2/c1-13-10-21-17(14(2)18(13)25-5)12-23-19(20-3)22-11-15-7-6-8-16(9-15)24-4/h6-10H,11-12H2,1-5H3,(H2,20,22,23). The van der Waals surface area contributed by atoms with Crippen LogP contribution in [0.3, 0.4) is 0 Å². The number of aromatic nitrogens is 1. The normalized spacial score (nSPS) is 11.2. The third kappa shape index (κ3) is 4.86. The van der Waals surface area contributed by atoms with Gasteiger partial charge in [0.05, 0.1) is 26.5 Å². The first-order chi connectivity index (χ1) is 12.1. The second kappa shape index (κ2) is 8.92. The molecule has 6 nitrogen and oxygen atoms in total. The number of ether oxygens (including phenoxy) is 2. The largest absolute Gasteiger partial charge is 0.497 e. The Labute approximate surface area is 149 Å². The summed E-state index contributed by atoms with van der Waals surface area (Å²) in [7, 11) is 5.09. The van der Waals surface area contributed by atoms with Crippen molar-refractivity contribution in [3.05, 3.63) is 52.8 Å². The van der Waals surface area contributed by atoms with Crippen LogP contribution in [-0.2, 0) is 13.1 Å². The van der Waals surface area contributed by atoms with E-state index in [1.165, 1.54) is 0 Å². The third-order valence-corrected chi connectivity index (χ3v) is 3.99. The lowest BCUT2D eigenvalue weighted by molar-refractivity contribution is 0.406. The zero-order valence-corrected chi connectivity index (χ0v) is 15.5. The van der Waals surface area contributed by atoms with Crippen molar-refractivity contribution in [1.82, 2.24) is 15.6 Å². The Kier molecular flexibility index (Phi) is 6.62. The Bertz CT molecular complexity index is 744. The van der Waals surface area contributed by atoms with E-state index in [2.05, 4.69) is 20.6 Å². The van der Waals surface area contributed by atoms with Gasteiger partial charge in [0, 0.05) is 30.9 Å². The molecule has 0 amide bonds. The monoisotopic (exact) mass is 342 g/mol. The summed E-state index contributed by atoms with van der Waals surface area (Å²) in [6, 6.07) is 7.93. The fraction of sp³-hybridized carbons (Fsp3) is 0.368. The quantitative estimate of drug-likeness (QED) is 0.624. The lowest BCUT2D eigenvalue weighted by Gasteiger charge is -2.15. The second-order valence-electron chi connectivity index (χ2n) is 5.68. The summed E-state index contributed by atoms with van der Waals surface area (Å²) < 4.78 is 10.7. The van der Waals surface area contributed by atoms with Crippen LogP contribution in [0.2, 0.25) is 0 Å². The maximum absolute atomic E-state index is 5.45. The summed E-state index contributed by atoms with van der Waals surface area (Å²) in [6.07, 6.45) is 1.83. The van der Waals surface area contributed by atoms with Gasteiger partial charge in [-0.25, -0.2) is 0 Å². The highest BCUT2D eigenvalue weighted by Crippen LogP contribution is 2.23. The van der Waals surface area contributed by atoms with Crippen molar-refractivity contribution >= 4 is 5.96 Å². The van der Waals surface area contributed by atoms with E-state index in [1.54, 1.807) is 21.3 Å². The van der Waals surface area contributed by atoms with Crippen LogP contribution in [0.25, 0.3) is 0 Å². The van der Waals surface area contributed by atoms with Crippen LogP contribution in [-0.4, -0.2) is 32.2 Å². The van der Waals surface area contributed by atoms with Crippen LogP contribution >= 0.6 is 0 Å². The van der Waals surface area contributed by atoms with Gasteiger partial charge in [-0.3, -0.25) is 9.98 Å². The van der Waals surface area contributed by atoms with E-state index in [4.69, 9.17) is 9.47 Å². The average molecular weight is 342 g/mol. The third-order valence-electron chi connectivity index (χ3n) is 3.99. The van der Waals surface area contributed by atoms with Gasteiger partial charge in [0.15, 0.2) is 5.96 Å². The highest BCUT2D eigenvalue weighted by molar-refractivity contribution is 5.79. The molecule has 134 valence electrons. The minimum Gasteiger partial charge on any atom is -0.497 e. The Morgan fingerprint density at radius 1 is 1.12 bits per heavy atom. The van der Waals surface area contributed by atoms with Crippen LogP contribution < -0.4 is 20.1 Å². The van der Waals surface area contributed by atoms with Crippen molar-refractivity contribution in [2.24, 2.45) is 4.99 Å². The van der Waals surface area contributed by atoms with E-state index >= 15 is 0 Å². The fourth-order valence-corrected chi connectivity index (χ4v) is 2.61. The van der Waals surface area contributed by atoms with Crippen molar-refractivity contribution in [3.8, 4) is 11.5 Å². The Hall–Kier alpha value is -2.76. The number of hydrogen-bond acceptors (Lipinski definition) is 4. The number of benzene rings is 1. The van der Waals surface area contributed by atoms with Crippen molar-refractivity contribution in [3.63, 3.8) is 0 Å². The highest BCUT2D eigenvalue weighted by Gasteiger charge is 2.10. The number of aliphatic imine (C=N–C) groups is 1. The van der Waals surface area contributed by atoms with Gasteiger partial charge < -0.3 is 20.1 Å². The topological polar surface area (TPSA) is 67.8 Å². The molecule has 1 heterocycles. The summed E-state index contributed by atoms with van der Waals surface area (Å²) in [5, 5.41) is 6.58. The van der Waals surface area contributed by atoms with Gasteiger partial charge in [-0.2, -0.15) is 0 Å². The van der Waals surface area contributed by atoms with Crippen LogP contribution in [0.5, 0.6) is 11.5 Å². The molecule has 2 aromatic rings. The first-order valence-electron chi connectivity index (χ1n) is 8.15. The van der Waals surface area contributed by atoms with Gasteiger partial charge in [-0.15, -0.1) is 0 Å². The number of methoxy groups -OCH3 is 2. The van der Waals surface area contributed by atoms with Crippen LogP contribution in [0.1, 0.15) is 22.4 Å². The summed E-state index contributed by atoms with van der Waals surface area (Å²) in [4.78, 5) is 8.75. The van der Waals surface area contributed by atoms with E-state index in [9.17, 15) is 0 Å². The van der Waals surface area contributed by atoms with Crippen LogP contribution in [0, 0.1) is 13.8 Å². The number of hydrogen-bond donors (Lipinski definition) is 2. The molecule has 0 saturated carbocycles. The molecule has 0 aliphatic rings. The molecule has 0 unspecified atom stereocenters. The molecule has 25 heavy (non-hydrogen) atoms. The SMILES string of the molecule is CN=C(NCc1cccc(OC)c1)NCc1ncc(C)c(OC)c1C. The van der Waals surface area contributed by atoms with Crippen LogP contribution in [0.15, 0.2) is 35.5 Å². The van der Waals surface area contributed by atoms with Crippen molar-refractivity contribution in [1.29, 1.82) is 0 Å². The molecule has 0 saturated heterocycles. The lowest BCUT2D eigenvalue weighted by Crippen LogP contribution is -2.36. The van der Waals surface area contributed by atoms with E-state index in [0.717, 1.165) is 33.9 Å². The molecule has 0 atom stereocenters. The predicted molar refractivity (Wildman–Crippen MR) is 100 cm³/mol. The van der Waals surface area contributed by atoms with Gasteiger partial charge in [0.2, 0.25) is 0 Å². The second-order valence-corrected chi connectivity index (χ2v) is 5.68. The molecule has 2 N–H and O–H groups in total. The van der Waals surface area contributed by atoms with Gasteiger partial charge in [-0.05, 0) is 31.5 Å². The minimum absolute atomic E-state index is 0.570. The van der Waals surface area contributed by atoms with Crippen molar-refractivity contribution in [2.45, 2.75) is 26.9 Å². The lowest BCUT2D eigenvalue weighted by atomic mass is 10.1. The van der Waals surface area contributed by atoms with E-state index in [0.29, 0.717) is 19.0 Å². The van der Waals surface area contributed by atoms with Gasteiger partial charge >= 0.3 is 0 Å². The molecule has 1 aromatic heterocycles.